The predicted octanol–water partition coefficient (Wildman–Crippen LogP) is 3.79. The molecule has 2 aliphatic rings. The molecule has 1 heterocycles. The highest BCUT2D eigenvalue weighted by molar-refractivity contribution is 5.88. The summed E-state index contributed by atoms with van der Waals surface area (Å²) < 4.78 is 5.48. The number of nitrogens with zero attached hydrogens (tertiary/aromatic N) is 1. The SMILES string of the molecule is CC1CCC(C(=O)O)CN1C(=O)/C=C/CNC(=O)OCC1c2ccccc2-c2ccccc21. The van der Waals surface area contributed by atoms with Crippen LogP contribution in [-0.2, 0) is 14.3 Å². The summed E-state index contributed by atoms with van der Waals surface area (Å²) >= 11 is 0. The van der Waals surface area contributed by atoms with Gasteiger partial charge in [0.05, 0.1) is 5.92 Å². The lowest BCUT2D eigenvalue weighted by Crippen LogP contribution is -2.46. The first-order chi connectivity index (χ1) is 16.0. The standard InChI is InChI=1S/C26H28N2O5/c1-17-12-13-18(25(30)31)15-28(17)24(29)11-6-14-27-26(32)33-16-23-21-9-4-2-7-19(21)20-8-3-5-10-22(20)23/h2-11,17-18,23H,12-16H2,1H3,(H,27,32)(H,30,31)/b11-6+. The Morgan fingerprint density at radius 2 is 1.70 bits per heavy atom. The Labute approximate surface area is 193 Å². The minimum absolute atomic E-state index is 0.00663. The number of carboxylic acids is 1. The number of rotatable bonds is 6. The lowest BCUT2D eigenvalue weighted by atomic mass is 9.93. The van der Waals surface area contributed by atoms with Crippen LogP contribution in [0.1, 0.15) is 36.8 Å². The molecule has 33 heavy (non-hydrogen) atoms. The van der Waals surface area contributed by atoms with Crippen molar-refractivity contribution in [2.75, 3.05) is 19.7 Å². The van der Waals surface area contributed by atoms with E-state index in [1.54, 1.807) is 11.0 Å². The van der Waals surface area contributed by atoms with Crippen molar-refractivity contribution in [1.29, 1.82) is 0 Å². The van der Waals surface area contributed by atoms with Gasteiger partial charge in [-0.15, -0.1) is 0 Å². The van der Waals surface area contributed by atoms with E-state index in [0.717, 1.165) is 11.1 Å². The molecule has 2 N–H and O–H groups in total. The monoisotopic (exact) mass is 448 g/mol. The van der Waals surface area contributed by atoms with Crippen molar-refractivity contribution in [3.8, 4) is 11.1 Å². The lowest BCUT2D eigenvalue weighted by Gasteiger charge is -2.35. The van der Waals surface area contributed by atoms with Gasteiger partial charge in [-0.3, -0.25) is 9.59 Å². The number of nitrogens with one attached hydrogen (secondary N) is 1. The van der Waals surface area contributed by atoms with Gasteiger partial charge in [-0.2, -0.15) is 0 Å². The van der Waals surface area contributed by atoms with Gasteiger partial charge < -0.3 is 20.1 Å². The molecule has 2 aromatic rings. The number of benzene rings is 2. The summed E-state index contributed by atoms with van der Waals surface area (Å²) in [5.74, 6) is -1.66. The van der Waals surface area contributed by atoms with Crippen molar-refractivity contribution in [2.45, 2.75) is 31.7 Å². The van der Waals surface area contributed by atoms with E-state index in [-0.39, 0.29) is 37.6 Å². The van der Waals surface area contributed by atoms with Crippen molar-refractivity contribution in [3.63, 3.8) is 0 Å². The van der Waals surface area contributed by atoms with Crippen molar-refractivity contribution in [2.24, 2.45) is 5.92 Å². The molecule has 0 aromatic heterocycles. The second-order valence-electron chi connectivity index (χ2n) is 8.56. The second kappa shape index (κ2) is 9.90. The van der Waals surface area contributed by atoms with Crippen LogP contribution in [0.15, 0.2) is 60.7 Å². The molecule has 0 spiro atoms. The third-order valence-corrected chi connectivity index (χ3v) is 6.48. The molecule has 0 radical (unpaired) electrons. The highest BCUT2D eigenvalue weighted by atomic mass is 16.5. The van der Waals surface area contributed by atoms with Gasteiger partial charge in [-0.25, -0.2) is 4.79 Å². The Morgan fingerprint density at radius 3 is 2.33 bits per heavy atom. The number of aliphatic carboxylic acids is 1. The van der Waals surface area contributed by atoms with E-state index in [9.17, 15) is 19.5 Å². The molecule has 1 aliphatic carbocycles. The van der Waals surface area contributed by atoms with Crippen molar-refractivity contribution in [3.05, 3.63) is 71.8 Å². The van der Waals surface area contributed by atoms with Crippen LogP contribution in [0.25, 0.3) is 11.1 Å². The molecule has 172 valence electrons. The molecule has 0 saturated carbocycles. The van der Waals surface area contributed by atoms with E-state index < -0.39 is 18.0 Å². The molecule has 1 aliphatic heterocycles. The lowest BCUT2D eigenvalue weighted by molar-refractivity contribution is -0.146. The van der Waals surface area contributed by atoms with Gasteiger partial charge in [0.25, 0.3) is 0 Å². The van der Waals surface area contributed by atoms with E-state index >= 15 is 0 Å². The first-order valence-electron chi connectivity index (χ1n) is 11.2. The quantitative estimate of drug-likeness (QED) is 0.656. The Bertz CT molecular complexity index is 1030. The zero-order valence-corrected chi connectivity index (χ0v) is 18.6. The van der Waals surface area contributed by atoms with Crippen LogP contribution in [0, 0.1) is 5.92 Å². The molecule has 0 bridgehead atoms. The average Bonchev–Trinajstić information content (AvgIpc) is 3.14. The highest BCUT2D eigenvalue weighted by Gasteiger charge is 2.32. The number of carboxylic acid groups (broad SMARTS) is 1. The Morgan fingerprint density at radius 1 is 1.06 bits per heavy atom. The number of likely N-dealkylation sites (tertiary alicyclic amines) is 1. The van der Waals surface area contributed by atoms with Crippen LogP contribution in [0.3, 0.4) is 0 Å². The predicted molar refractivity (Wildman–Crippen MR) is 124 cm³/mol. The van der Waals surface area contributed by atoms with Crippen LogP contribution >= 0.6 is 0 Å². The molecular weight excluding hydrogens is 420 g/mol. The summed E-state index contributed by atoms with van der Waals surface area (Å²) in [5.41, 5.74) is 4.63. The number of carbonyl (C=O) groups is 3. The number of alkyl carbamates (subject to hydrolysis) is 1. The van der Waals surface area contributed by atoms with Crippen LogP contribution in [0.2, 0.25) is 0 Å². The van der Waals surface area contributed by atoms with Crippen LogP contribution in [0.4, 0.5) is 4.79 Å². The van der Waals surface area contributed by atoms with Crippen LogP contribution in [-0.4, -0.2) is 53.7 Å². The largest absolute Gasteiger partial charge is 0.481 e. The summed E-state index contributed by atoms with van der Waals surface area (Å²) in [5, 5.41) is 11.9. The van der Waals surface area contributed by atoms with E-state index in [4.69, 9.17) is 4.74 Å². The van der Waals surface area contributed by atoms with E-state index in [1.807, 2.05) is 31.2 Å². The smallest absolute Gasteiger partial charge is 0.407 e. The van der Waals surface area contributed by atoms with Gasteiger partial charge in [0, 0.05) is 31.1 Å². The van der Waals surface area contributed by atoms with Gasteiger partial charge in [-0.1, -0.05) is 54.6 Å². The molecule has 2 amide bonds. The summed E-state index contributed by atoms with van der Waals surface area (Å²) in [6.45, 7) is 2.50. The number of fused-ring (bicyclic) bond motifs is 3. The zero-order chi connectivity index (χ0) is 23.4. The number of hydrogen-bond donors (Lipinski definition) is 2. The van der Waals surface area contributed by atoms with Crippen LogP contribution in [0.5, 0.6) is 0 Å². The first-order valence-corrected chi connectivity index (χ1v) is 11.2. The molecule has 2 atom stereocenters. The third-order valence-electron chi connectivity index (χ3n) is 6.48. The Hall–Kier alpha value is -3.61. The molecule has 1 saturated heterocycles. The van der Waals surface area contributed by atoms with Gasteiger partial charge in [-0.05, 0) is 42.0 Å². The van der Waals surface area contributed by atoms with Gasteiger partial charge in [0.1, 0.15) is 6.61 Å². The van der Waals surface area contributed by atoms with E-state index in [1.165, 1.54) is 17.2 Å². The topological polar surface area (TPSA) is 95.9 Å². The number of hydrogen-bond acceptors (Lipinski definition) is 4. The minimum Gasteiger partial charge on any atom is -0.481 e. The third kappa shape index (κ3) is 4.92. The number of carbonyl (C=O) groups excluding carboxylic acids is 2. The van der Waals surface area contributed by atoms with E-state index in [2.05, 4.69) is 29.6 Å². The van der Waals surface area contributed by atoms with Gasteiger partial charge in [0.15, 0.2) is 0 Å². The van der Waals surface area contributed by atoms with Crippen molar-refractivity contribution < 1.29 is 24.2 Å². The number of piperidine rings is 1. The molecular formula is C26H28N2O5. The van der Waals surface area contributed by atoms with E-state index in [0.29, 0.717) is 12.8 Å². The summed E-state index contributed by atoms with van der Waals surface area (Å²) in [7, 11) is 0. The average molecular weight is 449 g/mol. The fraction of sp³-hybridized carbons (Fsp3) is 0.346. The maximum absolute atomic E-state index is 12.5. The Kier molecular flexibility index (Phi) is 6.77. The highest BCUT2D eigenvalue weighted by Crippen LogP contribution is 2.44. The van der Waals surface area contributed by atoms with Crippen molar-refractivity contribution >= 4 is 18.0 Å². The maximum Gasteiger partial charge on any atom is 0.407 e. The Balaban J connectivity index is 1.27. The maximum atomic E-state index is 12.5. The summed E-state index contributed by atoms with van der Waals surface area (Å²) in [6, 6.07) is 16.3. The number of amides is 2. The van der Waals surface area contributed by atoms with Gasteiger partial charge >= 0.3 is 12.1 Å². The fourth-order valence-corrected chi connectivity index (χ4v) is 4.66. The minimum atomic E-state index is -0.874. The van der Waals surface area contributed by atoms with Crippen molar-refractivity contribution in [1.82, 2.24) is 10.2 Å². The summed E-state index contributed by atoms with van der Waals surface area (Å²) in [6.07, 6.45) is 3.62. The molecule has 7 nitrogen and oxygen atoms in total. The van der Waals surface area contributed by atoms with Gasteiger partial charge in [0.2, 0.25) is 5.91 Å². The normalized spacial score (nSPS) is 19.7. The summed E-state index contributed by atoms with van der Waals surface area (Å²) in [4.78, 5) is 37.5. The molecule has 2 unspecified atom stereocenters. The second-order valence-corrected chi connectivity index (χ2v) is 8.56. The number of ether oxygens (including phenoxy) is 1. The fourth-order valence-electron chi connectivity index (χ4n) is 4.66. The first kappa shape index (κ1) is 22.6. The van der Waals surface area contributed by atoms with Crippen LogP contribution < -0.4 is 5.32 Å². The molecule has 1 fully saturated rings. The zero-order valence-electron chi connectivity index (χ0n) is 18.6. The molecule has 4 rings (SSSR count). The molecule has 2 aromatic carbocycles. The molecule has 7 heteroatoms.